The smallest absolute Gasteiger partial charge is 0.388 e. The molecule has 2 aromatic carbocycles. The predicted molar refractivity (Wildman–Crippen MR) is 143 cm³/mol. The van der Waals surface area contributed by atoms with Crippen LogP contribution in [0.3, 0.4) is 0 Å². The van der Waals surface area contributed by atoms with E-state index in [1.54, 1.807) is 17.0 Å². The lowest BCUT2D eigenvalue weighted by Gasteiger charge is -2.35. The fourth-order valence-corrected chi connectivity index (χ4v) is 4.54. The Bertz CT molecular complexity index is 1470. The number of amides is 1. The molecule has 0 spiro atoms. The molecule has 4 aromatic rings. The Morgan fingerprint density at radius 3 is 2.41 bits per heavy atom. The molecule has 39 heavy (non-hydrogen) atoms. The average molecular weight is 539 g/mol. The minimum Gasteiger partial charge on any atom is -0.415 e. The summed E-state index contributed by atoms with van der Waals surface area (Å²) in [7, 11) is 0. The number of fused-ring (bicyclic) bond motifs is 1. The molecule has 2 N–H and O–H groups in total. The monoisotopic (exact) mass is 538 g/mol. The van der Waals surface area contributed by atoms with E-state index in [9.17, 15) is 18.4 Å². The number of carbonyl (C=O) groups excluding carboxylic acids is 1. The minimum absolute atomic E-state index is 0.0437. The summed E-state index contributed by atoms with van der Waals surface area (Å²) in [6, 6.07) is 17.1. The first-order chi connectivity index (χ1) is 18.7. The van der Waals surface area contributed by atoms with Crippen LogP contribution < -0.4 is 16.2 Å². The second-order valence-electron chi connectivity index (χ2n) is 9.65. The zero-order chi connectivity index (χ0) is 28.1. The molecule has 1 atom stereocenters. The summed E-state index contributed by atoms with van der Waals surface area (Å²) in [5.41, 5.74) is 7.62. The van der Waals surface area contributed by atoms with Crippen molar-refractivity contribution in [2.45, 2.75) is 46.4 Å². The largest absolute Gasteiger partial charge is 0.415 e. The Morgan fingerprint density at radius 2 is 1.79 bits per heavy atom. The summed E-state index contributed by atoms with van der Waals surface area (Å²) in [5.74, 6) is -0.506. The van der Waals surface area contributed by atoms with Gasteiger partial charge in [0.15, 0.2) is 5.65 Å². The summed E-state index contributed by atoms with van der Waals surface area (Å²) in [5, 5.41) is 3.91. The third-order valence-corrected chi connectivity index (χ3v) is 6.37. The number of ether oxygens (including phenoxy) is 1. The molecule has 0 saturated heterocycles. The van der Waals surface area contributed by atoms with Crippen molar-refractivity contribution < 1.29 is 18.3 Å². The van der Waals surface area contributed by atoms with E-state index in [1.165, 1.54) is 10.6 Å². The van der Waals surface area contributed by atoms with Crippen molar-refractivity contribution >= 4 is 11.6 Å². The number of rotatable bonds is 11. The molecule has 9 nitrogen and oxygen atoms in total. The van der Waals surface area contributed by atoms with Crippen LogP contribution in [0, 0.1) is 12.8 Å². The number of nitrogens with zero attached hydrogens (tertiary/aromatic N) is 5. The van der Waals surface area contributed by atoms with Gasteiger partial charge in [-0.05, 0) is 43.5 Å². The molecule has 0 radical (unpaired) electrons. The number of aryl methyl sites for hydroxylation is 1. The number of hydrogen-bond donors (Lipinski definition) is 1. The molecule has 0 bridgehead atoms. The summed E-state index contributed by atoms with van der Waals surface area (Å²) in [6.07, 6.45) is 0.533. The zero-order valence-corrected chi connectivity index (χ0v) is 22.1. The number of aromatic nitrogens is 4. The zero-order valence-electron chi connectivity index (χ0n) is 22.1. The van der Waals surface area contributed by atoms with Crippen molar-refractivity contribution in [2.75, 3.05) is 13.1 Å². The van der Waals surface area contributed by atoms with E-state index in [2.05, 4.69) is 9.84 Å². The van der Waals surface area contributed by atoms with Gasteiger partial charge in [-0.2, -0.15) is 13.3 Å². The molecule has 0 aliphatic rings. The van der Waals surface area contributed by atoms with Gasteiger partial charge in [0.25, 0.3) is 5.91 Å². The van der Waals surface area contributed by atoms with E-state index in [-0.39, 0.29) is 24.0 Å². The molecule has 0 unspecified atom stereocenters. The molecule has 1 amide bonds. The number of halogens is 2. The van der Waals surface area contributed by atoms with Crippen molar-refractivity contribution in [3.05, 3.63) is 93.7 Å². The summed E-state index contributed by atoms with van der Waals surface area (Å²) < 4.78 is 32.6. The van der Waals surface area contributed by atoms with Gasteiger partial charge in [-0.3, -0.25) is 9.36 Å². The number of hydrogen-bond acceptors (Lipinski definition) is 6. The van der Waals surface area contributed by atoms with Crippen molar-refractivity contribution in [1.29, 1.82) is 0 Å². The summed E-state index contributed by atoms with van der Waals surface area (Å²) in [6.45, 7) is 3.54. The van der Waals surface area contributed by atoms with Crippen molar-refractivity contribution in [2.24, 2.45) is 11.7 Å². The molecular weight excluding hydrogens is 506 g/mol. The molecule has 2 heterocycles. The lowest BCUT2D eigenvalue weighted by Crippen LogP contribution is -2.43. The third kappa shape index (κ3) is 6.31. The number of carbonyl (C=O) groups is 1. The van der Waals surface area contributed by atoms with Gasteiger partial charge in [0, 0.05) is 18.2 Å². The highest BCUT2D eigenvalue weighted by Crippen LogP contribution is 2.30. The van der Waals surface area contributed by atoms with Crippen LogP contribution in [0.2, 0.25) is 0 Å². The van der Waals surface area contributed by atoms with E-state index in [0.717, 1.165) is 15.6 Å². The first-order valence-corrected chi connectivity index (χ1v) is 12.8. The van der Waals surface area contributed by atoms with Crippen LogP contribution in [0.15, 0.2) is 65.5 Å². The van der Waals surface area contributed by atoms with Crippen LogP contribution in [-0.4, -0.2) is 49.7 Å². The Hall–Kier alpha value is -4.12. The fourth-order valence-electron chi connectivity index (χ4n) is 4.54. The molecule has 0 aliphatic carbocycles. The van der Waals surface area contributed by atoms with Gasteiger partial charge < -0.3 is 15.4 Å². The SMILES string of the molecule is Cc1ccc(C(=O)N(CCCN)[C@@H](c2nc3cc(OC(F)F)nn3c(=O)n2Cc2ccccc2)C(C)C)cc1. The quantitative estimate of drug-likeness (QED) is 0.309. The highest BCUT2D eigenvalue weighted by molar-refractivity contribution is 5.94. The Balaban J connectivity index is 1.91. The van der Waals surface area contributed by atoms with E-state index in [1.807, 2.05) is 63.2 Å². The first-order valence-electron chi connectivity index (χ1n) is 12.8. The average Bonchev–Trinajstić information content (AvgIpc) is 3.30. The minimum atomic E-state index is -3.11. The van der Waals surface area contributed by atoms with Gasteiger partial charge in [-0.25, -0.2) is 9.78 Å². The number of nitrogens with two attached hydrogens (primary N) is 1. The van der Waals surface area contributed by atoms with Crippen LogP contribution in [0.5, 0.6) is 5.88 Å². The second-order valence-corrected chi connectivity index (χ2v) is 9.65. The van der Waals surface area contributed by atoms with Gasteiger partial charge in [-0.15, -0.1) is 5.10 Å². The van der Waals surface area contributed by atoms with Gasteiger partial charge in [0.05, 0.1) is 12.6 Å². The molecule has 4 rings (SSSR count). The van der Waals surface area contributed by atoms with Crippen LogP contribution in [0.4, 0.5) is 8.78 Å². The second kappa shape index (κ2) is 12.2. The molecule has 2 aromatic heterocycles. The molecule has 206 valence electrons. The highest BCUT2D eigenvalue weighted by Gasteiger charge is 2.33. The molecule has 0 fully saturated rings. The molecular formula is C28H32F2N6O3. The van der Waals surface area contributed by atoms with Crippen molar-refractivity contribution in [1.82, 2.24) is 24.1 Å². The van der Waals surface area contributed by atoms with E-state index < -0.39 is 24.2 Å². The first kappa shape index (κ1) is 27.9. The van der Waals surface area contributed by atoms with Gasteiger partial charge in [0.1, 0.15) is 5.82 Å². The molecule has 0 aliphatic heterocycles. The van der Waals surface area contributed by atoms with Crippen molar-refractivity contribution in [3.8, 4) is 5.88 Å². The number of benzene rings is 2. The van der Waals surface area contributed by atoms with Crippen LogP contribution in [-0.2, 0) is 6.54 Å². The summed E-state index contributed by atoms with van der Waals surface area (Å²) in [4.78, 5) is 34.0. The maximum atomic E-state index is 13.9. The topological polar surface area (TPSA) is 108 Å². The van der Waals surface area contributed by atoms with Crippen molar-refractivity contribution in [3.63, 3.8) is 0 Å². The van der Waals surface area contributed by atoms with Crippen LogP contribution in [0.25, 0.3) is 5.65 Å². The van der Waals surface area contributed by atoms with E-state index >= 15 is 0 Å². The fraction of sp³-hybridized carbons (Fsp3) is 0.357. The highest BCUT2D eigenvalue weighted by atomic mass is 19.3. The van der Waals surface area contributed by atoms with E-state index in [4.69, 9.17) is 10.7 Å². The van der Waals surface area contributed by atoms with Gasteiger partial charge >= 0.3 is 12.3 Å². The summed E-state index contributed by atoms with van der Waals surface area (Å²) >= 11 is 0. The maximum absolute atomic E-state index is 13.9. The lowest BCUT2D eigenvalue weighted by atomic mass is 9.99. The van der Waals surface area contributed by atoms with Gasteiger partial charge in [0.2, 0.25) is 5.88 Å². The molecule has 0 saturated carbocycles. The normalized spacial score (nSPS) is 12.3. The predicted octanol–water partition coefficient (Wildman–Crippen LogP) is 4.04. The Kier molecular flexibility index (Phi) is 8.70. The number of alkyl halides is 2. The Labute approximate surface area is 224 Å². The lowest BCUT2D eigenvalue weighted by molar-refractivity contribution is -0.0530. The van der Waals surface area contributed by atoms with E-state index in [0.29, 0.717) is 30.9 Å². The van der Waals surface area contributed by atoms with Crippen LogP contribution >= 0.6 is 0 Å². The maximum Gasteiger partial charge on any atom is 0.388 e. The van der Waals surface area contributed by atoms with Crippen LogP contribution in [0.1, 0.15) is 53.6 Å². The Morgan fingerprint density at radius 1 is 1.10 bits per heavy atom. The third-order valence-electron chi connectivity index (χ3n) is 6.37. The standard InChI is InChI=1S/C28H32F2N6O3/c1-18(2)24(34(15-7-14-31)26(37)21-12-10-19(3)11-13-21)25-32-22-16-23(39-27(29)30)33-36(22)28(38)35(25)17-20-8-5-4-6-9-20/h4-6,8-13,16,18,24,27H,7,14-15,17,31H2,1-3H3/t24-/m1/s1. The molecule has 11 heteroatoms. The van der Waals surface area contributed by atoms with Gasteiger partial charge in [-0.1, -0.05) is 61.9 Å².